The molecule has 0 amide bonds. The fourth-order valence-corrected chi connectivity index (χ4v) is 4.07. The van der Waals surface area contributed by atoms with Crippen molar-refractivity contribution in [3.8, 4) is 11.4 Å². The van der Waals surface area contributed by atoms with Crippen LogP contribution in [0.15, 0.2) is 60.8 Å². The molecule has 162 valence electrons. The summed E-state index contributed by atoms with van der Waals surface area (Å²) in [5, 5.41) is 13.5. The minimum absolute atomic E-state index is 0.583. The second kappa shape index (κ2) is 8.82. The Hall–Kier alpha value is -3.68. The van der Waals surface area contributed by atoms with Gasteiger partial charge in [-0.25, -0.2) is 0 Å². The van der Waals surface area contributed by atoms with E-state index in [1.807, 2.05) is 67.3 Å². The number of carbonyl (C=O) groups is 1. The maximum Gasteiger partial charge on any atom is 0.152 e. The number of benzene rings is 2. The van der Waals surface area contributed by atoms with Crippen molar-refractivity contribution in [1.82, 2.24) is 19.7 Å². The van der Waals surface area contributed by atoms with Gasteiger partial charge in [0.15, 0.2) is 6.29 Å². The largest absolute Gasteiger partial charge is 0.400 e. The second-order valence-electron chi connectivity index (χ2n) is 7.15. The van der Waals surface area contributed by atoms with Gasteiger partial charge in [0.05, 0.1) is 28.1 Å². The van der Waals surface area contributed by atoms with Gasteiger partial charge in [0.1, 0.15) is 5.52 Å². The molecule has 2 N–H and O–H groups in total. The fourth-order valence-electron chi connectivity index (χ4n) is 3.89. The van der Waals surface area contributed by atoms with E-state index in [1.165, 1.54) is 0 Å². The van der Waals surface area contributed by atoms with Crippen molar-refractivity contribution in [3.63, 3.8) is 0 Å². The number of hydrogen-bond donors (Lipinski definition) is 2. The van der Waals surface area contributed by atoms with Crippen LogP contribution in [0.4, 0.5) is 11.4 Å². The van der Waals surface area contributed by atoms with Gasteiger partial charge in [-0.05, 0) is 36.4 Å². The first kappa shape index (κ1) is 21.5. The number of hydrogen-bond acceptors (Lipinski definition) is 5. The van der Waals surface area contributed by atoms with Crippen molar-refractivity contribution in [1.29, 1.82) is 0 Å². The molecule has 0 saturated carbocycles. The Morgan fingerprint density at radius 2 is 1.91 bits per heavy atom. The van der Waals surface area contributed by atoms with Gasteiger partial charge in [-0.3, -0.25) is 14.5 Å². The molecular weight excluding hydrogens is 426 g/mol. The van der Waals surface area contributed by atoms with Crippen LogP contribution in [0.25, 0.3) is 33.3 Å². The Kier molecular flexibility index (Phi) is 5.94. The molecule has 32 heavy (non-hydrogen) atoms. The Morgan fingerprint density at radius 1 is 1.12 bits per heavy atom. The van der Waals surface area contributed by atoms with Crippen LogP contribution in [0.1, 0.15) is 10.4 Å². The first-order chi connectivity index (χ1) is 15.6. The van der Waals surface area contributed by atoms with E-state index in [1.54, 1.807) is 12.3 Å². The number of pyridine rings is 1. The normalized spacial score (nSPS) is 10.8. The van der Waals surface area contributed by atoms with Gasteiger partial charge in [0, 0.05) is 49.1 Å². The number of aromatic nitrogens is 4. The quantitative estimate of drug-likeness (QED) is 0.380. The number of aryl methyl sites for hydroxylation is 1. The molecule has 0 saturated heterocycles. The topological polar surface area (TPSA) is 87.0 Å². The van der Waals surface area contributed by atoms with Crippen molar-refractivity contribution in [3.05, 3.63) is 71.4 Å². The standard InChI is InChI=1S/C23H18ClN5O.CH4O/c1-28(16-6-3-5-15(24)11-16)20-8-4-7-17-22(20)27-29(2)23(17)19-12-18-21(26-19)14(13-30)9-10-25-18;1-2/h3-13,26H,1-2H3;2H,1H3. The van der Waals surface area contributed by atoms with Crippen LogP contribution in [0.5, 0.6) is 0 Å². The molecule has 0 bridgehead atoms. The molecular formula is C24H22ClN5O2. The van der Waals surface area contributed by atoms with E-state index < -0.39 is 0 Å². The number of nitrogens with zero attached hydrogens (tertiary/aromatic N) is 4. The smallest absolute Gasteiger partial charge is 0.152 e. The molecule has 0 fully saturated rings. The number of nitrogens with one attached hydrogen (secondary N) is 1. The Morgan fingerprint density at radius 3 is 2.66 bits per heavy atom. The highest BCUT2D eigenvalue weighted by Gasteiger charge is 2.19. The Bertz CT molecular complexity index is 1420. The monoisotopic (exact) mass is 447 g/mol. The van der Waals surface area contributed by atoms with E-state index >= 15 is 0 Å². The molecule has 0 aliphatic rings. The first-order valence-corrected chi connectivity index (χ1v) is 10.3. The van der Waals surface area contributed by atoms with E-state index in [9.17, 15) is 4.79 Å². The van der Waals surface area contributed by atoms with E-state index in [4.69, 9.17) is 21.8 Å². The van der Waals surface area contributed by atoms with Gasteiger partial charge in [-0.1, -0.05) is 29.8 Å². The molecule has 5 aromatic rings. The lowest BCUT2D eigenvalue weighted by atomic mass is 10.1. The number of rotatable bonds is 4. The van der Waals surface area contributed by atoms with Gasteiger partial charge in [-0.15, -0.1) is 0 Å². The van der Waals surface area contributed by atoms with Crippen LogP contribution in [0.2, 0.25) is 5.02 Å². The van der Waals surface area contributed by atoms with Crippen LogP contribution in [-0.4, -0.2) is 45.3 Å². The van der Waals surface area contributed by atoms with Crippen molar-refractivity contribution < 1.29 is 9.90 Å². The number of aliphatic hydroxyl groups is 1. The molecule has 0 radical (unpaired) electrons. The lowest BCUT2D eigenvalue weighted by Gasteiger charge is -2.20. The number of anilines is 2. The molecule has 2 aromatic carbocycles. The summed E-state index contributed by atoms with van der Waals surface area (Å²) in [6.07, 6.45) is 2.48. The highest BCUT2D eigenvalue weighted by molar-refractivity contribution is 6.30. The van der Waals surface area contributed by atoms with Gasteiger partial charge in [0.2, 0.25) is 0 Å². The van der Waals surface area contributed by atoms with Crippen LogP contribution < -0.4 is 4.90 Å². The summed E-state index contributed by atoms with van der Waals surface area (Å²) in [6, 6.07) is 17.5. The molecule has 0 spiro atoms. The van der Waals surface area contributed by atoms with Crippen LogP contribution in [0.3, 0.4) is 0 Å². The number of fused-ring (bicyclic) bond motifs is 2. The predicted octanol–water partition coefficient (Wildman–Crippen LogP) is 4.96. The number of aromatic amines is 1. The zero-order chi connectivity index (χ0) is 22.8. The maximum atomic E-state index is 11.4. The average Bonchev–Trinajstić information content (AvgIpc) is 3.39. The molecule has 3 aromatic heterocycles. The number of halogens is 1. The zero-order valence-electron chi connectivity index (χ0n) is 17.9. The fraction of sp³-hybridized carbons (Fsp3) is 0.125. The molecule has 8 heteroatoms. The van der Waals surface area contributed by atoms with Gasteiger partial charge < -0.3 is 15.0 Å². The number of carbonyl (C=O) groups excluding carboxylic acids is 1. The average molecular weight is 448 g/mol. The molecule has 0 aliphatic heterocycles. The van der Waals surface area contributed by atoms with E-state index in [0.717, 1.165) is 58.1 Å². The lowest BCUT2D eigenvalue weighted by Crippen LogP contribution is -2.09. The van der Waals surface area contributed by atoms with Gasteiger partial charge >= 0.3 is 0 Å². The van der Waals surface area contributed by atoms with Gasteiger partial charge in [-0.2, -0.15) is 5.10 Å². The third-order valence-corrected chi connectivity index (χ3v) is 5.57. The Balaban J connectivity index is 0.00000119. The third kappa shape index (κ3) is 3.62. The summed E-state index contributed by atoms with van der Waals surface area (Å²) in [5.74, 6) is 0. The number of aldehydes is 1. The summed E-state index contributed by atoms with van der Waals surface area (Å²) in [7, 11) is 4.91. The molecule has 0 atom stereocenters. The van der Waals surface area contributed by atoms with Crippen molar-refractivity contribution >= 4 is 51.2 Å². The first-order valence-electron chi connectivity index (χ1n) is 9.90. The van der Waals surface area contributed by atoms with Crippen molar-refractivity contribution in [2.75, 3.05) is 19.1 Å². The minimum atomic E-state index is 0.583. The van der Waals surface area contributed by atoms with Gasteiger partial charge in [0.25, 0.3) is 0 Å². The predicted molar refractivity (Wildman–Crippen MR) is 129 cm³/mol. The SMILES string of the molecule is CN(c1cccc(Cl)c1)c1cccc2c(-c3cc4nccc(C=O)c4[nH]3)n(C)nc12.CO. The maximum absolute atomic E-state index is 11.4. The summed E-state index contributed by atoms with van der Waals surface area (Å²) in [5.41, 5.74) is 6.67. The number of H-pyrrole nitrogens is 1. The molecule has 0 aliphatic carbocycles. The molecule has 0 unspecified atom stereocenters. The third-order valence-electron chi connectivity index (χ3n) is 5.34. The summed E-state index contributed by atoms with van der Waals surface area (Å²) in [6.45, 7) is 0. The molecule has 7 nitrogen and oxygen atoms in total. The minimum Gasteiger partial charge on any atom is -0.400 e. The highest BCUT2D eigenvalue weighted by atomic mass is 35.5. The summed E-state index contributed by atoms with van der Waals surface area (Å²) in [4.78, 5) is 21.2. The molecule has 5 rings (SSSR count). The summed E-state index contributed by atoms with van der Waals surface area (Å²) >= 11 is 6.19. The molecule has 3 heterocycles. The van der Waals surface area contributed by atoms with Crippen molar-refractivity contribution in [2.24, 2.45) is 7.05 Å². The highest BCUT2D eigenvalue weighted by Crippen LogP contribution is 2.36. The Labute approximate surface area is 189 Å². The van der Waals surface area contributed by atoms with Crippen molar-refractivity contribution in [2.45, 2.75) is 0 Å². The van der Waals surface area contributed by atoms with E-state index in [0.29, 0.717) is 10.6 Å². The van der Waals surface area contributed by atoms with E-state index in [-0.39, 0.29) is 0 Å². The van der Waals surface area contributed by atoms with Crippen LogP contribution in [-0.2, 0) is 7.05 Å². The lowest BCUT2D eigenvalue weighted by molar-refractivity contribution is 0.112. The summed E-state index contributed by atoms with van der Waals surface area (Å²) < 4.78 is 1.85. The van der Waals surface area contributed by atoms with Crippen LogP contribution in [0, 0.1) is 0 Å². The second-order valence-corrected chi connectivity index (χ2v) is 7.58. The number of aliphatic hydroxyl groups excluding tert-OH is 1. The van der Waals surface area contributed by atoms with Crippen LogP contribution >= 0.6 is 11.6 Å². The zero-order valence-corrected chi connectivity index (χ0v) is 18.6. The van der Waals surface area contributed by atoms with E-state index in [2.05, 4.69) is 14.9 Å².